The molecule has 3 rings (SSSR count). The van der Waals surface area contributed by atoms with E-state index in [0.29, 0.717) is 10.0 Å². The van der Waals surface area contributed by atoms with Gasteiger partial charge in [-0.05, 0) is 38.1 Å². The third-order valence-corrected chi connectivity index (χ3v) is 4.09. The highest BCUT2D eigenvalue weighted by molar-refractivity contribution is 6.42. The molecule has 1 aromatic heterocycles. The maximum absolute atomic E-state index is 7.00. The van der Waals surface area contributed by atoms with E-state index in [0.717, 1.165) is 43.8 Å². The average Bonchev–Trinajstić information content (AvgIpc) is 3.16. The van der Waals surface area contributed by atoms with Crippen LogP contribution in [0.5, 0.6) is 0 Å². The van der Waals surface area contributed by atoms with Gasteiger partial charge in [-0.3, -0.25) is 4.90 Å². The lowest BCUT2D eigenvalue weighted by atomic mass is 10.1. The molecule has 1 N–H and O–H groups in total. The van der Waals surface area contributed by atoms with Gasteiger partial charge in [0.2, 0.25) is 0 Å². The smallest absolute Gasteiger partial charge is 0.151 e. The number of rotatable bonds is 3. The number of hydrogen-bond donors (Lipinski definition) is 1. The lowest BCUT2D eigenvalue weighted by Crippen LogP contribution is -2.17. The normalized spacial score (nSPS) is 14.9. The summed E-state index contributed by atoms with van der Waals surface area (Å²) in [5, 5.41) is 12.2. The van der Waals surface area contributed by atoms with Crippen molar-refractivity contribution in [3.8, 4) is 11.3 Å². The Morgan fingerprint density at radius 1 is 1.14 bits per heavy atom. The van der Waals surface area contributed by atoms with Crippen LogP contribution in [-0.4, -0.2) is 35.4 Å². The van der Waals surface area contributed by atoms with E-state index in [-0.39, 0.29) is 0 Å². The molecule has 1 fully saturated rings. The van der Waals surface area contributed by atoms with Gasteiger partial charge >= 0.3 is 0 Å². The second-order valence-electron chi connectivity index (χ2n) is 4.79. The van der Waals surface area contributed by atoms with E-state index in [1.807, 2.05) is 12.1 Å². The van der Waals surface area contributed by atoms with Gasteiger partial charge < -0.3 is 9.63 Å². The molecule has 114 valence electrons. The third kappa shape index (κ3) is 4.20. The quantitative estimate of drug-likeness (QED) is 0.929. The highest BCUT2D eigenvalue weighted by Gasteiger charge is 2.15. The molecule has 1 aliphatic heterocycles. The van der Waals surface area contributed by atoms with Gasteiger partial charge in [-0.1, -0.05) is 34.4 Å². The van der Waals surface area contributed by atoms with Crippen molar-refractivity contribution in [3.63, 3.8) is 0 Å². The van der Waals surface area contributed by atoms with E-state index < -0.39 is 0 Å². The second-order valence-corrected chi connectivity index (χ2v) is 5.61. The maximum atomic E-state index is 7.00. The first-order valence-corrected chi connectivity index (χ1v) is 7.56. The number of aromatic nitrogens is 1. The van der Waals surface area contributed by atoms with Gasteiger partial charge in [-0.25, -0.2) is 0 Å². The van der Waals surface area contributed by atoms with E-state index in [1.165, 1.54) is 12.8 Å². The molecule has 21 heavy (non-hydrogen) atoms. The van der Waals surface area contributed by atoms with Crippen LogP contribution in [-0.2, 0) is 6.54 Å². The Kier molecular flexibility index (Phi) is 6.06. The van der Waals surface area contributed by atoms with Crippen molar-refractivity contribution in [2.45, 2.75) is 19.4 Å². The molecule has 4 nitrogen and oxygen atoms in total. The van der Waals surface area contributed by atoms with Gasteiger partial charge in [0.25, 0.3) is 0 Å². The summed E-state index contributed by atoms with van der Waals surface area (Å²) in [7, 11) is 1.00. The summed E-state index contributed by atoms with van der Waals surface area (Å²) in [6, 6.07) is 7.44. The standard InChI is InChI=1S/C14H14Cl2N2O.CH4O/c15-12-4-3-10(7-13(12)16)14-8-11(19-17-14)9-18-5-1-2-6-18;1-2/h3-4,7-8H,1-2,5-6,9H2;2H,1H3. The van der Waals surface area contributed by atoms with E-state index >= 15 is 0 Å². The molecule has 0 atom stereocenters. The summed E-state index contributed by atoms with van der Waals surface area (Å²) in [5.74, 6) is 0.892. The van der Waals surface area contributed by atoms with Crippen LogP contribution in [0.1, 0.15) is 18.6 Å². The minimum atomic E-state index is 0.531. The van der Waals surface area contributed by atoms with E-state index in [2.05, 4.69) is 10.1 Å². The van der Waals surface area contributed by atoms with Crippen molar-refractivity contribution in [1.29, 1.82) is 0 Å². The van der Waals surface area contributed by atoms with Gasteiger partial charge in [-0.15, -0.1) is 0 Å². The Morgan fingerprint density at radius 3 is 2.52 bits per heavy atom. The molecule has 0 bridgehead atoms. The van der Waals surface area contributed by atoms with Gasteiger partial charge in [-0.2, -0.15) is 0 Å². The summed E-state index contributed by atoms with van der Waals surface area (Å²) in [5.41, 5.74) is 1.72. The summed E-state index contributed by atoms with van der Waals surface area (Å²) < 4.78 is 5.38. The predicted octanol–water partition coefficient (Wildman–Crippen LogP) is 3.85. The molecule has 6 heteroatoms. The molecule has 1 saturated heterocycles. The second kappa shape index (κ2) is 7.80. The molecule has 0 unspecified atom stereocenters. The molecule has 0 spiro atoms. The van der Waals surface area contributed by atoms with Gasteiger partial charge in [0, 0.05) is 18.7 Å². The van der Waals surface area contributed by atoms with Gasteiger partial charge in [0.15, 0.2) is 5.76 Å². The summed E-state index contributed by atoms with van der Waals surface area (Å²) >= 11 is 11.9. The first-order valence-electron chi connectivity index (χ1n) is 6.80. The Labute approximate surface area is 134 Å². The highest BCUT2D eigenvalue weighted by atomic mass is 35.5. The largest absolute Gasteiger partial charge is 0.400 e. The number of aliphatic hydroxyl groups is 1. The molecule has 0 radical (unpaired) electrons. The van der Waals surface area contributed by atoms with Crippen LogP contribution < -0.4 is 0 Å². The Morgan fingerprint density at radius 2 is 1.86 bits per heavy atom. The zero-order chi connectivity index (χ0) is 15.2. The molecule has 2 aromatic rings. The van der Waals surface area contributed by atoms with Crippen LogP contribution in [0.15, 0.2) is 28.8 Å². The molecular formula is C15H18Cl2N2O2. The SMILES string of the molecule is CO.Clc1ccc(-c2cc(CN3CCCC3)on2)cc1Cl. The monoisotopic (exact) mass is 328 g/mol. The zero-order valence-electron chi connectivity index (χ0n) is 11.9. The molecule has 2 heterocycles. The number of nitrogens with zero attached hydrogens (tertiary/aromatic N) is 2. The lowest BCUT2D eigenvalue weighted by Gasteiger charge is -2.10. The topological polar surface area (TPSA) is 49.5 Å². The first kappa shape index (κ1) is 16.3. The Balaban J connectivity index is 0.000000774. The minimum Gasteiger partial charge on any atom is -0.400 e. The molecule has 1 aromatic carbocycles. The minimum absolute atomic E-state index is 0.531. The van der Waals surface area contributed by atoms with Crippen molar-refractivity contribution in [1.82, 2.24) is 10.1 Å². The van der Waals surface area contributed by atoms with E-state index in [1.54, 1.807) is 12.1 Å². The van der Waals surface area contributed by atoms with Crippen LogP contribution in [0, 0.1) is 0 Å². The molecule has 1 aliphatic rings. The van der Waals surface area contributed by atoms with Crippen LogP contribution >= 0.6 is 23.2 Å². The van der Waals surface area contributed by atoms with Crippen molar-refractivity contribution in [2.24, 2.45) is 0 Å². The van der Waals surface area contributed by atoms with E-state index in [9.17, 15) is 0 Å². The van der Waals surface area contributed by atoms with Gasteiger partial charge in [0.1, 0.15) is 5.69 Å². The van der Waals surface area contributed by atoms with Crippen LogP contribution in [0.3, 0.4) is 0 Å². The fourth-order valence-corrected chi connectivity index (χ4v) is 2.64. The number of benzene rings is 1. The van der Waals surface area contributed by atoms with Crippen LogP contribution in [0.25, 0.3) is 11.3 Å². The third-order valence-electron chi connectivity index (χ3n) is 3.35. The summed E-state index contributed by atoms with van der Waals surface area (Å²) in [4.78, 5) is 2.37. The molecular weight excluding hydrogens is 311 g/mol. The fraction of sp³-hybridized carbons (Fsp3) is 0.400. The number of hydrogen-bond acceptors (Lipinski definition) is 4. The number of aliphatic hydroxyl groups excluding tert-OH is 1. The first-order chi connectivity index (χ1) is 10.2. The predicted molar refractivity (Wildman–Crippen MR) is 84.6 cm³/mol. The molecule has 0 aliphatic carbocycles. The van der Waals surface area contributed by atoms with E-state index in [4.69, 9.17) is 32.8 Å². The maximum Gasteiger partial charge on any atom is 0.151 e. The average molecular weight is 329 g/mol. The van der Waals surface area contributed by atoms with Crippen molar-refractivity contribution in [3.05, 3.63) is 40.1 Å². The van der Waals surface area contributed by atoms with Crippen LogP contribution in [0.2, 0.25) is 10.0 Å². The fourth-order valence-electron chi connectivity index (χ4n) is 2.34. The Bertz CT molecular complexity index is 581. The summed E-state index contributed by atoms with van der Waals surface area (Å²) in [6.07, 6.45) is 2.54. The number of likely N-dealkylation sites (tertiary alicyclic amines) is 1. The Hall–Kier alpha value is -1.07. The van der Waals surface area contributed by atoms with Crippen LogP contribution in [0.4, 0.5) is 0 Å². The number of halogens is 2. The zero-order valence-corrected chi connectivity index (χ0v) is 13.4. The van der Waals surface area contributed by atoms with Crippen molar-refractivity contribution < 1.29 is 9.63 Å². The summed E-state index contributed by atoms with van der Waals surface area (Å²) in [6.45, 7) is 3.11. The highest BCUT2D eigenvalue weighted by Crippen LogP contribution is 2.28. The molecule has 0 amide bonds. The molecule has 0 saturated carbocycles. The van der Waals surface area contributed by atoms with Crippen molar-refractivity contribution in [2.75, 3.05) is 20.2 Å². The lowest BCUT2D eigenvalue weighted by molar-refractivity contribution is 0.274. The van der Waals surface area contributed by atoms with Crippen molar-refractivity contribution >= 4 is 23.2 Å². The van der Waals surface area contributed by atoms with Gasteiger partial charge in [0.05, 0.1) is 16.6 Å².